The van der Waals surface area contributed by atoms with Crippen LogP contribution in [0.3, 0.4) is 0 Å². The monoisotopic (exact) mass is 437 g/mol. The Morgan fingerprint density at radius 2 is 1.80 bits per heavy atom. The van der Waals surface area contributed by atoms with Crippen LogP contribution in [-0.4, -0.2) is 20.6 Å². The molecule has 0 atom stereocenters. The van der Waals surface area contributed by atoms with Crippen LogP contribution in [0, 0.1) is 0 Å². The number of anilines is 1. The van der Waals surface area contributed by atoms with Crippen LogP contribution in [0.25, 0.3) is 0 Å². The molecule has 0 radical (unpaired) electrons. The number of carbonyl (C=O) groups is 1. The smallest absolute Gasteiger partial charge is 0.265 e. The minimum absolute atomic E-state index is 0.220. The van der Waals surface area contributed by atoms with Gasteiger partial charge in [-0.2, -0.15) is 0 Å². The average molecular weight is 439 g/mol. The van der Waals surface area contributed by atoms with Crippen molar-refractivity contribution < 1.29 is 13.2 Å². The van der Waals surface area contributed by atoms with Crippen LogP contribution in [0.2, 0.25) is 0 Å². The second-order valence-corrected chi connectivity index (χ2v) is 9.22. The Hall–Kier alpha value is -0.700. The lowest BCUT2D eigenvalue weighted by Crippen LogP contribution is -2.10. The minimum Gasteiger partial charge on any atom is -0.321 e. The summed E-state index contributed by atoms with van der Waals surface area (Å²) >= 11 is 7.96. The molecule has 0 bridgehead atoms. The lowest BCUT2D eigenvalue weighted by molar-refractivity contribution is 0.103. The molecule has 0 aliphatic rings. The molecule has 0 fully saturated rings. The molecule has 8 heteroatoms. The fraction of sp³-hybridized carbons (Fsp3) is 0.0833. The highest BCUT2D eigenvalue weighted by atomic mass is 79.9. The van der Waals surface area contributed by atoms with Gasteiger partial charge in [0.15, 0.2) is 9.84 Å². The molecule has 1 aromatic heterocycles. The van der Waals surface area contributed by atoms with Crippen molar-refractivity contribution in [2.75, 3.05) is 11.6 Å². The maximum absolute atomic E-state index is 12.0. The van der Waals surface area contributed by atoms with Crippen LogP contribution >= 0.6 is 43.2 Å². The van der Waals surface area contributed by atoms with Crippen molar-refractivity contribution in [3.8, 4) is 0 Å². The Balaban J connectivity index is 2.16. The molecular formula is C12H9Br2NO3S2. The Morgan fingerprint density at radius 3 is 2.25 bits per heavy atom. The summed E-state index contributed by atoms with van der Waals surface area (Å²) in [5, 5.41) is 2.71. The van der Waals surface area contributed by atoms with E-state index < -0.39 is 9.84 Å². The minimum atomic E-state index is -3.23. The summed E-state index contributed by atoms with van der Waals surface area (Å²) in [7, 11) is -3.23. The zero-order valence-corrected chi connectivity index (χ0v) is 15.0. The van der Waals surface area contributed by atoms with E-state index in [9.17, 15) is 13.2 Å². The highest BCUT2D eigenvalue weighted by molar-refractivity contribution is 9.13. The van der Waals surface area contributed by atoms with Gasteiger partial charge in [0, 0.05) is 16.4 Å². The number of sulfone groups is 1. The molecule has 0 aliphatic carbocycles. The number of nitrogens with one attached hydrogen (secondary N) is 1. The summed E-state index contributed by atoms with van der Waals surface area (Å²) in [5.41, 5.74) is 0.544. The first kappa shape index (κ1) is 15.7. The SMILES string of the molecule is CS(=O)(=O)c1ccc(NC(=O)c2cc(Br)c(Br)s2)cc1. The number of amides is 1. The number of thiophene rings is 1. The molecule has 0 unspecified atom stereocenters. The summed E-state index contributed by atoms with van der Waals surface area (Å²) in [6, 6.07) is 7.77. The van der Waals surface area contributed by atoms with Crippen molar-refractivity contribution in [2.45, 2.75) is 4.90 Å². The van der Waals surface area contributed by atoms with Crippen molar-refractivity contribution in [3.63, 3.8) is 0 Å². The molecule has 1 amide bonds. The van der Waals surface area contributed by atoms with E-state index in [-0.39, 0.29) is 10.8 Å². The third-order valence-corrected chi connectivity index (χ3v) is 6.79. The van der Waals surface area contributed by atoms with Crippen LogP contribution in [0.15, 0.2) is 43.5 Å². The predicted octanol–water partition coefficient (Wildman–Crippen LogP) is 3.93. The van der Waals surface area contributed by atoms with Gasteiger partial charge in [-0.05, 0) is 62.2 Å². The van der Waals surface area contributed by atoms with Gasteiger partial charge in [0.25, 0.3) is 5.91 Å². The average Bonchev–Trinajstić information content (AvgIpc) is 2.69. The fourth-order valence-corrected chi connectivity index (χ4v) is 4.00. The molecule has 2 aromatic rings. The summed E-state index contributed by atoms with van der Waals surface area (Å²) in [6.07, 6.45) is 1.14. The molecule has 0 aliphatic heterocycles. The molecule has 106 valence electrons. The van der Waals surface area contributed by atoms with E-state index in [0.29, 0.717) is 10.6 Å². The Kier molecular flexibility index (Phi) is 4.68. The maximum atomic E-state index is 12.0. The Labute approximate surface area is 137 Å². The van der Waals surface area contributed by atoms with E-state index in [1.54, 1.807) is 18.2 Å². The van der Waals surface area contributed by atoms with E-state index in [1.807, 2.05) is 0 Å². The first-order valence-electron chi connectivity index (χ1n) is 5.33. The molecule has 20 heavy (non-hydrogen) atoms. The standard InChI is InChI=1S/C12H9Br2NO3S2/c1-20(17,18)8-4-2-7(3-5-8)15-12(16)10-6-9(13)11(14)19-10/h2-6H,1H3,(H,15,16). The van der Waals surface area contributed by atoms with Gasteiger partial charge in [-0.3, -0.25) is 4.79 Å². The summed E-state index contributed by atoms with van der Waals surface area (Å²) in [6.45, 7) is 0. The van der Waals surface area contributed by atoms with E-state index in [4.69, 9.17) is 0 Å². The van der Waals surface area contributed by atoms with Gasteiger partial charge in [-0.15, -0.1) is 11.3 Å². The molecule has 0 saturated heterocycles. The number of halogens is 2. The number of hydrogen-bond acceptors (Lipinski definition) is 4. The van der Waals surface area contributed by atoms with Crippen LogP contribution in [-0.2, 0) is 9.84 Å². The largest absolute Gasteiger partial charge is 0.321 e. The highest BCUT2D eigenvalue weighted by Crippen LogP contribution is 2.32. The third kappa shape index (κ3) is 3.69. The summed E-state index contributed by atoms with van der Waals surface area (Å²) in [5.74, 6) is -0.242. The zero-order valence-electron chi connectivity index (χ0n) is 10.2. The second kappa shape index (κ2) is 5.97. The number of carbonyl (C=O) groups excluding carboxylic acids is 1. The molecule has 1 aromatic carbocycles. The number of benzene rings is 1. The second-order valence-electron chi connectivity index (χ2n) is 3.98. The lowest BCUT2D eigenvalue weighted by atomic mass is 10.3. The molecule has 1 heterocycles. The Bertz CT molecular complexity index is 732. The molecule has 0 spiro atoms. The predicted molar refractivity (Wildman–Crippen MR) is 87.2 cm³/mol. The van der Waals surface area contributed by atoms with Crippen molar-refractivity contribution >= 4 is 64.6 Å². The van der Waals surface area contributed by atoms with Crippen molar-refractivity contribution in [1.29, 1.82) is 0 Å². The first-order chi connectivity index (χ1) is 9.27. The highest BCUT2D eigenvalue weighted by Gasteiger charge is 2.13. The van der Waals surface area contributed by atoms with Gasteiger partial charge in [0.1, 0.15) is 0 Å². The zero-order chi connectivity index (χ0) is 14.9. The summed E-state index contributed by atoms with van der Waals surface area (Å²) < 4.78 is 24.3. The number of hydrogen-bond donors (Lipinski definition) is 1. The summed E-state index contributed by atoms with van der Waals surface area (Å²) in [4.78, 5) is 12.8. The maximum Gasteiger partial charge on any atom is 0.265 e. The molecule has 1 N–H and O–H groups in total. The fourth-order valence-electron chi connectivity index (χ4n) is 1.44. The van der Waals surface area contributed by atoms with Crippen molar-refractivity contribution in [2.24, 2.45) is 0 Å². The van der Waals surface area contributed by atoms with Gasteiger partial charge in [-0.25, -0.2) is 8.42 Å². The lowest BCUT2D eigenvalue weighted by Gasteiger charge is -2.04. The number of rotatable bonds is 3. The van der Waals surface area contributed by atoms with E-state index in [1.165, 1.54) is 23.5 Å². The first-order valence-corrected chi connectivity index (χ1v) is 9.63. The molecule has 4 nitrogen and oxygen atoms in total. The quantitative estimate of drug-likeness (QED) is 0.789. The van der Waals surface area contributed by atoms with Crippen molar-refractivity contribution in [3.05, 3.63) is 43.5 Å². The normalized spacial score (nSPS) is 11.3. The molecule has 0 saturated carbocycles. The Morgan fingerprint density at radius 1 is 1.20 bits per heavy atom. The van der Waals surface area contributed by atoms with Gasteiger partial charge >= 0.3 is 0 Å². The van der Waals surface area contributed by atoms with Gasteiger partial charge in [-0.1, -0.05) is 0 Å². The topological polar surface area (TPSA) is 63.2 Å². The third-order valence-electron chi connectivity index (χ3n) is 2.41. The van der Waals surface area contributed by atoms with E-state index >= 15 is 0 Å². The van der Waals surface area contributed by atoms with Gasteiger partial charge in [0.2, 0.25) is 0 Å². The molecular weight excluding hydrogens is 430 g/mol. The van der Waals surface area contributed by atoms with Crippen LogP contribution in [0.5, 0.6) is 0 Å². The van der Waals surface area contributed by atoms with E-state index in [0.717, 1.165) is 14.5 Å². The molecule has 2 rings (SSSR count). The van der Waals surface area contributed by atoms with Crippen LogP contribution < -0.4 is 5.32 Å². The van der Waals surface area contributed by atoms with Gasteiger partial charge < -0.3 is 5.32 Å². The van der Waals surface area contributed by atoms with Crippen molar-refractivity contribution in [1.82, 2.24) is 0 Å². The van der Waals surface area contributed by atoms with Crippen LogP contribution in [0.1, 0.15) is 9.67 Å². The van der Waals surface area contributed by atoms with E-state index in [2.05, 4.69) is 37.2 Å². The van der Waals surface area contributed by atoms with Crippen LogP contribution in [0.4, 0.5) is 5.69 Å². The van der Waals surface area contributed by atoms with Gasteiger partial charge in [0.05, 0.1) is 13.6 Å².